The number of ether oxygens (including phenoxy) is 2. The Labute approximate surface area is 137 Å². The molecule has 0 unspecified atom stereocenters. The zero-order valence-corrected chi connectivity index (χ0v) is 13.8. The molecule has 0 saturated heterocycles. The van der Waals surface area contributed by atoms with Crippen molar-refractivity contribution < 1.29 is 9.47 Å². The molecule has 0 aromatic heterocycles. The predicted octanol–water partition coefficient (Wildman–Crippen LogP) is 4.68. The van der Waals surface area contributed by atoms with E-state index < -0.39 is 0 Å². The fourth-order valence-electron chi connectivity index (χ4n) is 2.06. The third kappa shape index (κ3) is 4.93. The van der Waals surface area contributed by atoms with Crippen LogP contribution in [0.3, 0.4) is 0 Å². The molecule has 0 aliphatic heterocycles. The van der Waals surface area contributed by atoms with Crippen molar-refractivity contribution >= 4 is 17.3 Å². The van der Waals surface area contributed by atoms with E-state index in [1.165, 1.54) is 5.56 Å². The standard InChI is InChI=1S/C18H22ClNO2/c1-3-21-11-12-22-16-9-7-15(8-10-16)13-20-18-6-4-5-17(19)14(18)2/h4-10,20H,3,11-13H2,1-2H3. The highest BCUT2D eigenvalue weighted by Gasteiger charge is 2.02. The number of hydrogen-bond donors (Lipinski definition) is 1. The molecular formula is C18H22ClNO2. The van der Waals surface area contributed by atoms with Gasteiger partial charge in [-0.1, -0.05) is 29.8 Å². The van der Waals surface area contributed by atoms with Gasteiger partial charge in [0.2, 0.25) is 0 Å². The van der Waals surface area contributed by atoms with Gasteiger partial charge in [-0.25, -0.2) is 0 Å². The summed E-state index contributed by atoms with van der Waals surface area (Å²) in [5.74, 6) is 0.863. The molecule has 118 valence electrons. The van der Waals surface area contributed by atoms with E-state index in [0.717, 1.165) is 35.2 Å². The molecule has 0 fully saturated rings. The molecule has 0 saturated carbocycles. The Bertz CT molecular complexity index is 584. The van der Waals surface area contributed by atoms with Crippen LogP contribution in [0.15, 0.2) is 42.5 Å². The fourth-order valence-corrected chi connectivity index (χ4v) is 2.24. The molecule has 4 heteroatoms. The Hall–Kier alpha value is -1.71. The Morgan fingerprint density at radius 1 is 1.05 bits per heavy atom. The first-order chi connectivity index (χ1) is 10.7. The predicted molar refractivity (Wildman–Crippen MR) is 91.9 cm³/mol. The van der Waals surface area contributed by atoms with Crippen LogP contribution in [0.2, 0.25) is 5.02 Å². The number of hydrogen-bond acceptors (Lipinski definition) is 3. The zero-order chi connectivity index (χ0) is 15.8. The molecule has 0 amide bonds. The lowest BCUT2D eigenvalue weighted by atomic mass is 10.1. The van der Waals surface area contributed by atoms with E-state index in [-0.39, 0.29) is 0 Å². The molecule has 0 aliphatic carbocycles. The average Bonchev–Trinajstić information content (AvgIpc) is 2.54. The van der Waals surface area contributed by atoms with Gasteiger partial charge in [0.1, 0.15) is 12.4 Å². The topological polar surface area (TPSA) is 30.5 Å². The largest absolute Gasteiger partial charge is 0.491 e. The van der Waals surface area contributed by atoms with Gasteiger partial charge in [-0.15, -0.1) is 0 Å². The summed E-state index contributed by atoms with van der Waals surface area (Å²) in [6.45, 7) is 6.65. The van der Waals surface area contributed by atoms with Crippen LogP contribution in [0.5, 0.6) is 5.75 Å². The number of nitrogens with one attached hydrogen (secondary N) is 1. The van der Waals surface area contributed by atoms with Gasteiger partial charge < -0.3 is 14.8 Å². The summed E-state index contributed by atoms with van der Waals surface area (Å²) < 4.78 is 10.8. The van der Waals surface area contributed by atoms with Crippen molar-refractivity contribution in [1.82, 2.24) is 0 Å². The van der Waals surface area contributed by atoms with Gasteiger partial charge in [0.05, 0.1) is 6.61 Å². The Morgan fingerprint density at radius 3 is 2.55 bits per heavy atom. The lowest BCUT2D eigenvalue weighted by molar-refractivity contribution is 0.110. The van der Waals surface area contributed by atoms with E-state index in [1.54, 1.807) is 0 Å². The first-order valence-electron chi connectivity index (χ1n) is 7.49. The maximum Gasteiger partial charge on any atom is 0.119 e. The molecule has 0 heterocycles. The minimum Gasteiger partial charge on any atom is -0.491 e. The molecule has 1 N–H and O–H groups in total. The van der Waals surface area contributed by atoms with Crippen molar-refractivity contribution in [3.05, 3.63) is 58.6 Å². The Balaban J connectivity index is 1.85. The number of anilines is 1. The summed E-state index contributed by atoms with van der Waals surface area (Å²) in [6.07, 6.45) is 0. The SMILES string of the molecule is CCOCCOc1ccc(CNc2cccc(Cl)c2C)cc1. The van der Waals surface area contributed by atoms with Crippen molar-refractivity contribution in [3.8, 4) is 5.75 Å². The molecule has 3 nitrogen and oxygen atoms in total. The molecule has 2 aromatic rings. The lowest BCUT2D eigenvalue weighted by Gasteiger charge is -2.11. The second kappa shape index (κ2) is 8.66. The van der Waals surface area contributed by atoms with Crippen molar-refractivity contribution in [2.75, 3.05) is 25.1 Å². The maximum absolute atomic E-state index is 6.12. The summed E-state index contributed by atoms with van der Waals surface area (Å²) in [6, 6.07) is 14.0. The number of halogens is 1. The van der Waals surface area contributed by atoms with Gasteiger partial charge in [-0.2, -0.15) is 0 Å². The monoisotopic (exact) mass is 319 g/mol. The van der Waals surface area contributed by atoms with Gasteiger partial charge >= 0.3 is 0 Å². The summed E-state index contributed by atoms with van der Waals surface area (Å²) in [4.78, 5) is 0. The van der Waals surface area contributed by atoms with Gasteiger partial charge in [0.25, 0.3) is 0 Å². The van der Waals surface area contributed by atoms with Crippen molar-refractivity contribution in [1.29, 1.82) is 0 Å². The van der Waals surface area contributed by atoms with E-state index in [0.29, 0.717) is 13.2 Å². The van der Waals surface area contributed by atoms with Crippen LogP contribution in [-0.2, 0) is 11.3 Å². The number of benzene rings is 2. The molecule has 22 heavy (non-hydrogen) atoms. The Morgan fingerprint density at radius 2 is 1.82 bits per heavy atom. The summed E-state index contributed by atoms with van der Waals surface area (Å²) in [5, 5.41) is 4.18. The molecule has 0 bridgehead atoms. The van der Waals surface area contributed by atoms with E-state index in [2.05, 4.69) is 17.4 Å². The van der Waals surface area contributed by atoms with Crippen LogP contribution < -0.4 is 10.1 Å². The molecule has 2 aromatic carbocycles. The third-order valence-corrected chi connectivity index (χ3v) is 3.78. The van der Waals surface area contributed by atoms with Crippen LogP contribution in [0.25, 0.3) is 0 Å². The minimum absolute atomic E-state index is 0.577. The van der Waals surface area contributed by atoms with Crippen LogP contribution in [0.1, 0.15) is 18.1 Å². The van der Waals surface area contributed by atoms with E-state index in [1.807, 2.05) is 44.2 Å². The van der Waals surface area contributed by atoms with Gasteiger partial charge in [-0.05, 0) is 49.2 Å². The van der Waals surface area contributed by atoms with Gasteiger partial charge in [0, 0.05) is 23.9 Å². The summed E-state index contributed by atoms with van der Waals surface area (Å²) in [5.41, 5.74) is 3.32. The van der Waals surface area contributed by atoms with Gasteiger partial charge in [-0.3, -0.25) is 0 Å². The van der Waals surface area contributed by atoms with E-state index >= 15 is 0 Å². The molecule has 0 radical (unpaired) electrons. The van der Waals surface area contributed by atoms with Crippen molar-refractivity contribution in [3.63, 3.8) is 0 Å². The lowest BCUT2D eigenvalue weighted by Crippen LogP contribution is -2.06. The second-order valence-corrected chi connectivity index (χ2v) is 5.36. The fraction of sp³-hybridized carbons (Fsp3) is 0.333. The van der Waals surface area contributed by atoms with Crippen LogP contribution >= 0.6 is 11.6 Å². The van der Waals surface area contributed by atoms with Crippen LogP contribution in [-0.4, -0.2) is 19.8 Å². The Kier molecular flexibility index (Phi) is 6.56. The first-order valence-corrected chi connectivity index (χ1v) is 7.87. The second-order valence-electron chi connectivity index (χ2n) is 4.96. The first kappa shape index (κ1) is 16.7. The highest BCUT2D eigenvalue weighted by atomic mass is 35.5. The average molecular weight is 320 g/mol. The molecule has 0 atom stereocenters. The van der Waals surface area contributed by atoms with Gasteiger partial charge in [0.15, 0.2) is 0 Å². The molecule has 0 spiro atoms. The normalized spacial score (nSPS) is 10.5. The van der Waals surface area contributed by atoms with Crippen molar-refractivity contribution in [2.24, 2.45) is 0 Å². The minimum atomic E-state index is 0.577. The highest BCUT2D eigenvalue weighted by molar-refractivity contribution is 6.31. The van der Waals surface area contributed by atoms with E-state index in [9.17, 15) is 0 Å². The summed E-state index contributed by atoms with van der Waals surface area (Å²) in [7, 11) is 0. The third-order valence-electron chi connectivity index (χ3n) is 3.37. The van der Waals surface area contributed by atoms with Crippen LogP contribution in [0.4, 0.5) is 5.69 Å². The van der Waals surface area contributed by atoms with E-state index in [4.69, 9.17) is 21.1 Å². The smallest absolute Gasteiger partial charge is 0.119 e. The highest BCUT2D eigenvalue weighted by Crippen LogP contribution is 2.23. The number of rotatable bonds is 8. The molecule has 2 rings (SSSR count). The molecule has 0 aliphatic rings. The maximum atomic E-state index is 6.12. The summed E-state index contributed by atoms with van der Waals surface area (Å²) >= 11 is 6.12. The molecular weight excluding hydrogens is 298 g/mol. The zero-order valence-electron chi connectivity index (χ0n) is 13.1. The quantitative estimate of drug-likeness (QED) is 0.717. The van der Waals surface area contributed by atoms with Crippen LogP contribution in [0, 0.1) is 6.92 Å². The van der Waals surface area contributed by atoms with Crippen molar-refractivity contribution in [2.45, 2.75) is 20.4 Å².